The van der Waals surface area contributed by atoms with Gasteiger partial charge in [-0.1, -0.05) is 35.9 Å². The SMILES string of the molecule is O=C(O)NCC1Cc2cc(Cl)c3ccccc3c2O1. The molecule has 4 nitrogen and oxygen atoms in total. The third-order valence-corrected chi connectivity index (χ3v) is 3.55. The maximum absolute atomic E-state index is 10.5. The Morgan fingerprint density at radius 3 is 2.89 bits per heavy atom. The number of fused-ring (bicyclic) bond motifs is 3. The Bertz CT molecular complexity index is 656. The highest BCUT2D eigenvalue weighted by molar-refractivity contribution is 6.36. The lowest BCUT2D eigenvalue weighted by molar-refractivity contribution is 0.181. The number of carbonyl (C=O) groups is 1. The van der Waals surface area contributed by atoms with Crippen LogP contribution in [0.2, 0.25) is 5.02 Å². The second kappa shape index (κ2) is 4.63. The molecule has 1 unspecified atom stereocenters. The summed E-state index contributed by atoms with van der Waals surface area (Å²) in [7, 11) is 0. The van der Waals surface area contributed by atoms with Gasteiger partial charge in [-0.05, 0) is 6.07 Å². The van der Waals surface area contributed by atoms with Crippen molar-refractivity contribution in [3.63, 3.8) is 0 Å². The van der Waals surface area contributed by atoms with Gasteiger partial charge in [0.1, 0.15) is 11.9 Å². The molecule has 0 saturated heterocycles. The molecule has 5 heteroatoms. The summed E-state index contributed by atoms with van der Waals surface area (Å²) in [6.07, 6.45) is -0.546. The first-order valence-electron chi connectivity index (χ1n) is 5.98. The molecule has 0 bridgehead atoms. The van der Waals surface area contributed by atoms with E-state index in [0.29, 0.717) is 11.4 Å². The molecule has 2 aromatic carbocycles. The third-order valence-electron chi connectivity index (χ3n) is 3.23. The van der Waals surface area contributed by atoms with Crippen LogP contribution in [0, 0.1) is 0 Å². The number of hydrogen-bond donors (Lipinski definition) is 2. The van der Waals surface area contributed by atoms with Gasteiger partial charge in [0.05, 0.1) is 6.54 Å². The van der Waals surface area contributed by atoms with E-state index in [2.05, 4.69) is 5.32 Å². The average molecular weight is 278 g/mol. The van der Waals surface area contributed by atoms with Crippen molar-refractivity contribution in [2.45, 2.75) is 12.5 Å². The van der Waals surface area contributed by atoms with E-state index < -0.39 is 6.09 Å². The van der Waals surface area contributed by atoms with Crippen molar-refractivity contribution in [2.24, 2.45) is 0 Å². The van der Waals surface area contributed by atoms with Crippen LogP contribution in [0.4, 0.5) is 4.79 Å². The quantitative estimate of drug-likeness (QED) is 0.887. The van der Waals surface area contributed by atoms with Crippen LogP contribution in [0.1, 0.15) is 5.56 Å². The minimum Gasteiger partial charge on any atom is -0.487 e. The molecule has 1 aliphatic rings. The molecule has 2 aromatic rings. The number of amides is 1. The molecule has 0 spiro atoms. The monoisotopic (exact) mass is 277 g/mol. The summed E-state index contributed by atoms with van der Waals surface area (Å²) in [5.74, 6) is 0.817. The molecule has 0 aromatic heterocycles. The molecule has 98 valence electrons. The van der Waals surface area contributed by atoms with Gasteiger partial charge >= 0.3 is 6.09 Å². The molecular weight excluding hydrogens is 266 g/mol. The van der Waals surface area contributed by atoms with Crippen LogP contribution >= 0.6 is 11.6 Å². The topological polar surface area (TPSA) is 58.6 Å². The summed E-state index contributed by atoms with van der Waals surface area (Å²) in [5, 5.41) is 13.6. The standard InChI is InChI=1S/C14H12ClNO3/c15-12-6-8-5-9(7-16-14(17)18)19-13(8)11-4-2-1-3-10(11)12/h1-4,6,9,16H,5,7H2,(H,17,18). The van der Waals surface area contributed by atoms with Crippen molar-refractivity contribution < 1.29 is 14.6 Å². The highest BCUT2D eigenvalue weighted by Crippen LogP contribution is 2.39. The zero-order chi connectivity index (χ0) is 13.4. The number of halogens is 1. The van der Waals surface area contributed by atoms with Crippen LogP contribution in [-0.4, -0.2) is 23.8 Å². The Kier molecular flexibility index (Phi) is 2.95. The Morgan fingerprint density at radius 1 is 1.42 bits per heavy atom. The second-order valence-corrected chi connectivity index (χ2v) is 4.93. The minimum atomic E-state index is -1.04. The summed E-state index contributed by atoms with van der Waals surface area (Å²) in [4.78, 5) is 10.5. The fraction of sp³-hybridized carbons (Fsp3) is 0.214. The van der Waals surface area contributed by atoms with Gasteiger partial charge in [0.25, 0.3) is 0 Å². The first kappa shape index (κ1) is 12.1. The van der Waals surface area contributed by atoms with Crippen molar-refractivity contribution in [2.75, 3.05) is 6.54 Å². The Balaban J connectivity index is 1.95. The van der Waals surface area contributed by atoms with Crippen molar-refractivity contribution in [1.82, 2.24) is 5.32 Å². The summed E-state index contributed by atoms with van der Waals surface area (Å²) in [6.45, 7) is 0.274. The maximum Gasteiger partial charge on any atom is 0.404 e. The van der Waals surface area contributed by atoms with Crippen molar-refractivity contribution in [1.29, 1.82) is 0 Å². The fourth-order valence-electron chi connectivity index (χ4n) is 2.42. The van der Waals surface area contributed by atoms with Crippen molar-refractivity contribution in [3.8, 4) is 5.75 Å². The van der Waals surface area contributed by atoms with E-state index in [9.17, 15) is 4.79 Å². The van der Waals surface area contributed by atoms with Gasteiger partial charge in [0.15, 0.2) is 0 Å². The van der Waals surface area contributed by atoms with E-state index in [4.69, 9.17) is 21.4 Å². The summed E-state index contributed by atoms with van der Waals surface area (Å²) >= 11 is 6.25. The lowest BCUT2D eigenvalue weighted by atomic mass is 10.0. The van der Waals surface area contributed by atoms with Crippen LogP contribution in [0.25, 0.3) is 10.8 Å². The normalized spacial score (nSPS) is 17.0. The summed E-state index contributed by atoms with van der Waals surface area (Å²) in [5.41, 5.74) is 1.03. The van der Waals surface area contributed by atoms with E-state index in [-0.39, 0.29) is 12.6 Å². The first-order valence-corrected chi connectivity index (χ1v) is 6.36. The number of benzene rings is 2. The molecule has 0 fully saturated rings. The molecule has 1 heterocycles. The molecular formula is C14H12ClNO3. The molecule has 19 heavy (non-hydrogen) atoms. The van der Waals surface area contributed by atoms with E-state index in [0.717, 1.165) is 22.1 Å². The number of nitrogens with one attached hydrogen (secondary N) is 1. The second-order valence-electron chi connectivity index (χ2n) is 4.52. The lowest BCUT2D eigenvalue weighted by Gasteiger charge is -2.11. The lowest BCUT2D eigenvalue weighted by Crippen LogP contribution is -2.33. The van der Waals surface area contributed by atoms with Gasteiger partial charge in [-0.2, -0.15) is 0 Å². The Morgan fingerprint density at radius 2 is 2.16 bits per heavy atom. The molecule has 2 N–H and O–H groups in total. The van der Waals surface area contributed by atoms with Crippen molar-refractivity contribution in [3.05, 3.63) is 40.9 Å². The van der Waals surface area contributed by atoms with E-state index in [1.807, 2.05) is 30.3 Å². The largest absolute Gasteiger partial charge is 0.487 e. The number of carboxylic acid groups (broad SMARTS) is 1. The van der Waals surface area contributed by atoms with Crippen LogP contribution in [-0.2, 0) is 6.42 Å². The number of rotatable bonds is 2. The molecule has 1 amide bonds. The summed E-state index contributed by atoms with van der Waals surface area (Å²) < 4.78 is 5.84. The van der Waals surface area contributed by atoms with Crippen LogP contribution in [0.15, 0.2) is 30.3 Å². The van der Waals surface area contributed by atoms with Gasteiger partial charge in [0.2, 0.25) is 0 Å². The first-order chi connectivity index (χ1) is 9.15. The van der Waals surface area contributed by atoms with Gasteiger partial charge in [0, 0.05) is 27.8 Å². The zero-order valence-corrected chi connectivity index (χ0v) is 10.8. The van der Waals surface area contributed by atoms with Gasteiger partial charge in [-0.3, -0.25) is 0 Å². The number of ether oxygens (including phenoxy) is 1. The minimum absolute atomic E-state index is 0.173. The molecule has 0 saturated carbocycles. The highest BCUT2D eigenvalue weighted by atomic mass is 35.5. The molecule has 3 rings (SSSR count). The smallest absolute Gasteiger partial charge is 0.404 e. The van der Waals surface area contributed by atoms with Crippen LogP contribution in [0.3, 0.4) is 0 Å². The fourth-order valence-corrected chi connectivity index (χ4v) is 2.71. The van der Waals surface area contributed by atoms with E-state index in [1.54, 1.807) is 0 Å². The van der Waals surface area contributed by atoms with Gasteiger partial charge in [-0.15, -0.1) is 0 Å². The van der Waals surface area contributed by atoms with Crippen LogP contribution in [0.5, 0.6) is 5.75 Å². The molecule has 1 atom stereocenters. The summed E-state index contributed by atoms with van der Waals surface area (Å²) in [6, 6.07) is 9.68. The molecule has 0 radical (unpaired) electrons. The Labute approximate surface area is 114 Å². The Hall–Kier alpha value is -1.94. The van der Waals surface area contributed by atoms with Crippen LogP contribution < -0.4 is 10.1 Å². The van der Waals surface area contributed by atoms with E-state index >= 15 is 0 Å². The average Bonchev–Trinajstić information content (AvgIpc) is 2.80. The van der Waals surface area contributed by atoms with Gasteiger partial charge < -0.3 is 15.2 Å². The van der Waals surface area contributed by atoms with E-state index in [1.165, 1.54) is 0 Å². The predicted molar refractivity (Wildman–Crippen MR) is 73.1 cm³/mol. The highest BCUT2D eigenvalue weighted by Gasteiger charge is 2.26. The molecule has 1 aliphatic heterocycles. The number of hydrogen-bond acceptors (Lipinski definition) is 2. The molecule has 0 aliphatic carbocycles. The maximum atomic E-state index is 10.5. The van der Waals surface area contributed by atoms with Gasteiger partial charge in [-0.25, -0.2) is 4.79 Å². The zero-order valence-electron chi connectivity index (χ0n) is 10.0. The predicted octanol–water partition coefficient (Wildman–Crippen LogP) is 3.06. The van der Waals surface area contributed by atoms with Crippen molar-refractivity contribution >= 4 is 28.5 Å². The third kappa shape index (κ3) is 2.19.